The van der Waals surface area contributed by atoms with Crippen LogP contribution in [-0.4, -0.2) is 22.8 Å². The first kappa shape index (κ1) is 16.4. The molecule has 110 valence electrons. The van der Waals surface area contributed by atoms with Crippen LogP contribution in [0.25, 0.3) is 0 Å². The van der Waals surface area contributed by atoms with Gasteiger partial charge in [0.1, 0.15) is 0 Å². The summed E-state index contributed by atoms with van der Waals surface area (Å²) < 4.78 is 0. The number of alkyl halides is 1. The molecular formula is C14H19ClN2O3. The molecule has 0 aromatic heterocycles. The van der Waals surface area contributed by atoms with Gasteiger partial charge in [0.05, 0.1) is 4.92 Å². The molecular weight excluding hydrogens is 280 g/mol. The van der Waals surface area contributed by atoms with E-state index in [1.54, 1.807) is 6.92 Å². The van der Waals surface area contributed by atoms with Crippen LogP contribution in [0.15, 0.2) is 18.2 Å². The molecule has 0 aliphatic rings. The van der Waals surface area contributed by atoms with Gasteiger partial charge >= 0.3 is 0 Å². The molecule has 0 aliphatic heterocycles. The zero-order valence-electron chi connectivity index (χ0n) is 11.9. The number of nitrogens with zero attached hydrogens (tertiary/aromatic N) is 1. The third-order valence-corrected chi connectivity index (χ3v) is 3.42. The Kier molecular flexibility index (Phi) is 5.95. The zero-order chi connectivity index (χ0) is 15.3. The SMILES string of the molecule is Cc1cc(C(=O)NC(CCCl)C(C)C)ccc1[N+](=O)[O-]. The molecule has 1 atom stereocenters. The van der Waals surface area contributed by atoms with E-state index in [1.165, 1.54) is 18.2 Å². The molecule has 1 aromatic rings. The summed E-state index contributed by atoms with van der Waals surface area (Å²) in [5, 5.41) is 13.7. The summed E-state index contributed by atoms with van der Waals surface area (Å²) >= 11 is 5.72. The molecule has 1 amide bonds. The lowest BCUT2D eigenvalue weighted by molar-refractivity contribution is -0.385. The average molecular weight is 299 g/mol. The second-order valence-corrected chi connectivity index (χ2v) is 5.44. The number of benzene rings is 1. The van der Waals surface area contributed by atoms with Gasteiger partial charge in [-0.1, -0.05) is 13.8 Å². The van der Waals surface area contributed by atoms with Crippen LogP contribution in [-0.2, 0) is 0 Å². The molecule has 0 saturated heterocycles. The molecule has 0 saturated carbocycles. The number of halogens is 1. The van der Waals surface area contributed by atoms with Crippen molar-refractivity contribution in [2.75, 3.05) is 5.88 Å². The number of hydrogen-bond acceptors (Lipinski definition) is 3. The van der Waals surface area contributed by atoms with Crippen molar-refractivity contribution in [2.24, 2.45) is 5.92 Å². The van der Waals surface area contributed by atoms with Crippen molar-refractivity contribution in [3.63, 3.8) is 0 Å². The van der Waals surface area contributed by atoms with Crippen LogP contribution in [0.1, 0.15) is 36.2 Å². The van der Waals surface area contributed by atoms with Crippen molar-refractivity contribution in [1.82, 2.24) is 5.32 Å². The highest BCUT2D eigenvalue weighted by Gasteiger charge is 2.18. The van der Waals surface area contributed by atoms with Gasteiger partial charge < -0.3 is 5.32 Å². The molecule has 1 N–H and O–H groups in total. The van der Waals surface area contributed by atoms with E-state index < -0.39 is 4.92 Å². The predicted octanol–water partition coefficient (Wildman–Crippen LogP) is 3.29. The lowest BCUT2D eigenvalue weighted by Gasteiger charge is -2.21. The third kappa shape index (κ3) is 4.20. The quantitative estimate of drug-likeness (QED) is 0.497. The second-order valence-electron chi connectivity index (χ2n) is 5.06. The topological polar surface area (TPSA) is 72.2 Å². The number of nitro benzene ring substituents is 1. The lowest BCUT2D eigenvalue weighted by atomic mass is 10.0. The van der Waals surface area contributed by atoms with Crippen molar-refractivity contribution < 1.29 is 9.72 Å². The Balaban J connectivity index is 2.87. The van der Waals surface area contributed by atoms with Crippen molar-refractivity contribution in [2.45, 2.75) is 33.2 Å². The molecule has 5 nitrogen and oxygen atoms in total. The van der Waals surface area contributed by atoms with Gasteiger partial charge in [-0.25, -0.2) is 0 Å². The molecule has 0 fully saturated rings. The van der Waals surface area contributed by atoms with Crippen LogP contribution in [0.2, 0.25) is 0 Å². The number of carbonyl (C=O) groups is 1. The summed E-state index contributed by atoms with van der Waals surface area (Å²) in [6.07, 6.45) is 0.691. The summed E-state index contributed by atoms with van der Waals surface area (Å²) in [5.41, 5.74) is 0.914. The Morgan fingerprint density at radius 1 is 1.45 bits per heavy atom. The van der Waals surface area contributed by atoms with Crippen LogP contribution < -0.4 is 5.32 Å². The molecule has 1 rings (SSSR count). The summed E-state index contributed by atoms with van der Waals surface area (Å²) in [6.45, 7) is 5.64. The maximum absolute atomic E-state index is 12.1. The van der Waals surface area contributed by atoms with Crippen LogP contribution in [0, 0.1) is 23.0 Å². The Morgan fingerprint density at radius 3 is 2.55 bits per heavy atom. The van der Waals surface area contributed by atoms with Crippen LogP contribution in [0.5, 0.6) is 0 Å². The number of hydrogen-bond donors (Lipinski definition) is 1. The van der Waals surface area contributed by atoms with E-state index in [0.717, 1.165) is 0 Å². The minimum Gasteiger partial charge on any atom is -0.349 e. The first-order valence-electron chi connectivity index (χ1n) is 6.48. The molecule has 20 heavy (non-hydrogen) atoms. The van der Waals surface area contributed by atoms with Gasteiger partial charge in [0.2, 0.25) is 0 Å². The molecule has 0 spiro atoms. The van der Waals surface area contributed by atoms with Gasteiger partial charge in [-0.2, -0.15) is 0 Å². The minimum atomic E-state index is -0.457. The number of amides is 1. The number of nitrogens with one attached hydrogen (secondary N) is 1. The average Bonchev–Trinajstić information content (AvgIpc) is 2.37. The smallest absolute Gasteiger partial charge is 0.272 e. The van der Waals surface area contributed by atoms with Gasteiger partial charge in [0.15, 0.2) is 0 Å². The Labute approximate surface area is 123 Å². The Hall–Kier alpha value is -1.62. The molecule has 6 heteroatoms. The minimum absolute atomic E-state index is 0.00417. The van der Waals surface area contributed by atoms with E-state index in [-0.39, 0.29) is 23.6 Å². The molecule has 1 unspecified atom stereocenters. The predicted molar refractivity (Wildman–Crippen MR) is 79.3 cm³/mol. The lowest BCUT2D eigenvalue weighted by Crippen LogP contribution is -2.38. The van der Waals surface area contributed by atoms with Gasteiger partial charge in [0, 0.05) is 29.1 Å². The van der Waals surface area contributed by atoms with Crippen LogP contribution in [0.3, 0.4) is 0 Å². The third-order valence-electron chi connectivity index (χ3n) is 3.20. The second kappa shape index (κ2) is 7.24. The van der Waals surface area contributed by atoms with E-state index in [9.17, 15) is 14.9 Å². The molecule has 0 heterocycles. The normalized spacial score (nSPS) is 12.2. The van der Waals surface area contributed by atoms with Gasteiger partial charge in [-0.3, -0.25) is 14.9 Å². The standard InChI is InChI=1S/C14H19ClN2O3/c1-9(2)12(6-7-15)16-14(18)11-4-5-13(17(19)20)10(3)8-11/h4-5,8-9,12H,6-7H2,1-3H3,(H,16,18). The monoisotopic (exact) mass is 298 g/mol. The van der Waals surface area contributed by atoms with Crippen molar-refractivity contribution in [1.29, 1.82) is 0 Å². The summed E-state index contributed by atoms with van der Waals surface area (Å²) in [6, 6.07) is 4.36. The van der Waals surface area contributed by atoms with E-state index in [4.69, 9.17) is 11.6 Å². The molecule has 0 radical (unpaired) electrons. The van der Waals surface area contributed by atoms with Gasteiger partial charge in [-0.05, 0) is 31.4 Å². The van der Waals surface area contributed by atoms with E-state index >= 15 is 0 Å². The maximum Gasteiger partial charge on any atom is 0.272 e. The van der Waals surface area contributed by atoms with Crippen LogP contribution in [0.4, 0.5) is 5.69 Å². The highest BCUT2D eigenvalue weighted by atomic mass is 35.5. The molecule has 1 aromatic carbocycles. The van der Waals surface area contributed by atoms with E-state index in [2.05, 4.69) is 5.32 Å². The fourth-order valence-electron chi connectivity index (χ4n) is 1.94. The first-order chi connectivity index (χ1) is 9.36. The maximum atomic E-state index is 12.1. The first-order valence-corrected chi connectivity index (χ1v) is 7.02. The van der Waals surface area contributed by atoms with Crippen LogP contribution >= 0.6 is 11.6 Å². The van der Waals surface area contributed by atoms with Crippen molar-refractivity contribution in [3.8, 4) is 0 Å². The number of nitro groups is 1. The molecule has 0 bridgehead atoms. The fourth-order valence-corrected chi connectivity index (χ4v) is 2.18. The van der Waals surface area contributed by atoms with Gasteiger partial charge in [0.25, 0.3) is 11.6 Å². The van der Waals surface area contributed by atoms with Crippen molar-refractivity contribution >= 4 is 23.2 Å². The fraction of sp³-hybridized carbons (Fsp3) is 0.500. The highest BCUT2D eigenvalue weighted by Crippen LogP contribution is 2.19. The Bertz CT molecular complexity index is 503. The van der Waals surface area contributed by atoms with E-state index in [0.29, 0.717) is 23.4 Å². The molecule has 0 aliphatic carbocycles. The number of aryl methyl sites for hydroxylation is 1. The summed E-state index contributed by atoms with van der Waals surface area (Å²) in [5.74, 6) is 0.520. The summed E-state index contributed by atoms with van der Waals surface area (Å²) in [7, 11) is 0. The highest BCUT2D eigenvalue weighted by molar-refractivity contribution is 6.17. The largest absolute Gasteiger partial charge is 0.349 e. The van der Waals surface area contributed by atoms with E-state index in [1.807, 2.05) is 13.8 Å². The Morgan fingerprint density at radius 2 is 2.10 bits per heavy atom. The number of carbonyl (C=O) groups excluding carboxylic acids is 1. The number of rotatable bonds is 6. The zero-order valence-corrected chi connectivity index (χ0v) is 12.6. The van der Waals surface area contributed by atoms with Gasteiger partial charge in [-0.15, -0.1) is 11.6 Å². The summed E-state index contributed by atoms with van der Waals surface area (Å²) in [4.78, 5) is 22.4. The van der Waals surface area contributed by atoms with Crippen molar-refractivity contribution in [3.05, 3.63) is 39.4 Å².